The SMILES string of the molecule is CN(C)c1ccc(-c2ccc3n(c2=O)C[C@H]2C[C@@H]3C[NH+](Cc3cccc(C#N)c3)C2)cc1. The van der Waals surface area contributed by atoms with E-state index in [9.17, 15) is 10.1 Å². The van der Waals surface area contributed by atoms with Crippen molar-refractivity contribution >= 4 is 5.69 Å². The van der Waals surface area contributed by atoms with Gasteiger partial charge in [-0.1, -0.05) is 24.3 Å². The molecule has 1 unspecified atom stereocenters. The number of anilines is 1. The number of pyridine rings is 1. The largest absolute Gasteiger partial charge is 0.378 e. The highest BCUT2D eigenvalue weighted by Gasteiger charge is 2.37. The molecule has 5 heteroatoms. The Morgan fingerprint density at radius 2 is 1.91 bits per heavy atom. The molecule has 1 saturated heterocycles. The zero-order valence-corrected chi connectivity index (χ0v) is 18.7. The van der Waals surface area contributed by atoms with Gasteiger partial charge in [0.15, 0.2) is 0 Å². The highest BCUT2D eigenvalue weighted by Crippen LogP contribution is 2.32. The summed E-state index contributed by atoms with van der Waals surface area (Å²) in [5, 5.41) is 9.19. The number of hydrogen-bond acceptors (Lipinski definition) is 3. The van der Waals surface area contributed by atoms with Crippen LogP contribution in [0.2, 0.25) is 0 Å². The van der Waals surface area contributed by atoms with E-state index in [2.05, 4.69) is 35.2 Å². The molecule has 3 aromatic rings. The van der Waals surface area contributed by atoms with Crippen molar-refractivity contribution in [3.05, 3.63) is 87.8 Å². The Labute approximate surface area is 189 Å². The van der Waals surface area contributed by atoms with E-state index >= 15 is 0 Å². The summed E-state index contributed by atoms with van der Waals surface area (Å²) in [6.07, 6.45) is 1.16. The molecular formula is C27H29N4O+. The molecule has 32 heavy (non-hydrogen) atoms. The van der Waals surface area contributed by atoms with E-state index in [-0.39, 0.29) is 5.56 Å². The van der Waals surface area contributed by atoms with Gasteiger partial charge in [0, 0.05) is 55.0 Å². The van der Waals surface area contributed by atoms with Crippen LogP contribution in [0.4, 0.5) is 5.69 Å². The Bertz CT molecular complexity index is 1240. The fraction of sp³-hybridized carbons (Fsp3) is 0.333. The van der Waals surface area contributed by atoms with Crippen molar-refractivity contribution in [2.24, 2.45) is 5.92 Å². The summed E-state index contributed by atoms with van der Waals surface area (Å²) < 4.78 is 2.04. The van der Waals surface area contributed by atoms with E-state index in [4.69, 9.17) is 0 Å². The third-order valence-electron chi connectivity index (χ3n) is 7.00. The van der Waals surface area contributed by atoms with Gasteiger partial charge >= 0.3 is 0 Å². The van der Waals surface area contributed by atoms with Gasteiger partial charge in [-0.2, -0.15) is 5.26 Å². The van der Waals surface area contributed by atoms with Crippen molar-refractivity contribution in [3.8, 4) is 17.2 Å². The van der Waals surface area contributed by atoms with E-state index in [0.717, 1.165) is 55.0 Å². The van der Waals surface area contributed by atoms with Gasteiger partial charge in [0.2, 0.25) is 0 Å². The first-order valence-electron chi connectivity index (χ1n) is 11.4. The molecule has 3 atom stereocenters. The summed E-state index contributed by atoms with van der Waals surface area (Å²) >= 11 is 0. The topological polar surface area (TPSA) is 53.5 Å². The number of nitrogens with zero attached hydrogens (tertiary/aromatic N) is 3. The number of piperidine rings is 1. The minimum atomic E-state index is 0.139. The number of fused-ring (bicyclic) bond motifs is 4. The van der Waals surface area contributed by atoms with Crippen molar-refractivity contribution in [2.45, 2.75) is 25.4 Å². The van der Waals surface area contributed by atoms with Gasteiger partial charge in [0.05, 0.1) is 24.7 Å². The van der Waals surface area contributed by atoms with Crippen molar-refractivity contribution in [1.29, 1.82) is 5.26 Å². The summed E-state index contributed by atoms with van der Waals surface area (Å²) in [4.78, 5) is 17.0. The maximum absolute atomic E-state index is 13.4. The molecule has 0 aliphatic carbocycles. The summed E-state index contributed by atoms with van der Waals surface area (Å²) in [5.41, 5.74) is 6.16. The molecule has 2 aliphatic rings. The molecule has 2 aromatic carbocycles. The number of benzene rings is 2. The van der Waals surface area contributed by atoms with E-state index in [1.165, 1.54) is 11.3 Å². The fourth-order valence-corrected chi connectivity index (χ4v) is 5.51. The Kier molecular flexibility index (Phi) is 5.32. The molecule has 2 aliphatic heterocycles. The lowest BCUT2D eigenvalue weighted by atomic mass is 9.82. The second-order valence-electron chi connectivity index (χ2n) is 9.47. The highest BCUT2D eigenvalue weighted by atomic mass is 16.1. The van der Waals surface area contributed by atoms with Gasteiger partial charge in [0.25, 0.3) is 5.56 Å². The molecule has 1 fully saturated rings. The summed E-state index contributed by atoms with van der Waals surface area (Å²) in [6.45, 7) is 3.84. The van der Waals surface area contributed by atoms with Gasteiger partial charge in [0.1, 0.15) is 6.54 Å². The smallest absolute Gasteiger partial charge is 0.258 e. The fourth-order valence-electron chi connectivity index (χ4n) is 5.51. The Morgan fingerprint density at radius 3 is 2.66 bits per heavy atom. The number of nitrogens with one attached hydrogen (secondary N) is 1. The van der Waals surface area contributed by atoms with E-state index in [1.807, 2.05) is 55.1 Å². The zero-order chi connectivity index (χ0) is 22.2. The van der Waals surface area contributed by atoms with Crippen LogP contribution in [0.3, 0.4) is 0 Å². The standard InChI is InChI=1S/C27H28N4O/c1-29(2)24-8-6-22(7-9-24)25-10-11-26-23-13-21(17-31(26)27(25)32)16-30(18-23)15-20-5-3-4-19(12-20)14-28/h3-12,21,23H,13,15-18H2,1-2H3/p+1/t21-,23+/m0/s1. The van der Waals surface area contributed by atoms with Gasteiger partial charge in [-0.3, -0.25) is 4.79 Å². The minimum absolute atomic E-state index is 0.139. The van der Waals surface area contributed by atoms with E-state index in [1.54, 1.807) is 4.90 Å². The first kappa shape index (κ1) is 20.5. The Balaban J connectivity index is 1.39. The average Bonchev–Trinajstić information content (AvgIpc) is 2.80. The van der Waals surface area contributed by atoms with Crippen LogP contribution in [-0.4, -0.2) is 31.8 Å². The monoisotopic (exact) mass is 425 g/mol. The van der Waals surface area contributed by atoms with Crippen LogP contribution in [0.5, 0.6) is 0 Å². The van der Waals surface area contributed by atoms with Gasteiger partial charge in [-0.15, -0.1) is 0 Å². The van der Waals surface area contributed by atoms with E-state index in [0.29, 0.717) is 11.8 Å². The lowest BCUT2D eigenvalue weighted by Gasteiger charge is -2.40. The third-order valence-corrected chi connectivity index (χ3v) is 7.00. The first-order chi connectivity index (χ1) is 15.5. The maximum Gasteiger partial charge on any atom is 0.258 e. The van der Waals surface area contributed by atoms with Crippen molar-refractivity contribution < 1.29 is 4.90 Å². The number of rotatable bonds is 4. The minimum Gasteiger partial charge on any atom is -0.378 e. The number of nitriles is 1. The van der Waals surface area contributed by atoms with Crippen LogP contribution >= 0.6 is 0 Å². The van der Waals surface area contributed by atoms with Crippen LogP contribution in [0, 0.1) is 17.2 Å². The molecule has 0 saturated carbocycles. The van der Waals surface area contributed by atoms with Crippen LogP contribution < -0.4 is 15.4 Å². The molecule has 0 spiro atoms. The van der Waals surface area contributed by atoms with Gasteiger partial charge in [-0.05, 0) is 48.4 Å². The summed E-state index contributed by atoms with van der Waals surface area (Å²) in [7, 11) is 4.04. The molecule has 5 rings (SSSR count). The first-order valence-corrected chi connectivity index (χ1v) is 11.4. The lowest BCUT2D eigenvalue weighted by molar-refractivity contribution is -0.924. The Morgan fingerprint density at radius 1 is 1.09 bits per heavy atom. The molecular weight excluding hydrogens is 396 g/mol. The molecule has 0 amide bonds. The normalized spacial score (nSPS) is 21.5. The third kappa shape index (κ3) is 3.83. The number of likely N-dealkylation sites (tertiary alicyclic amines) is 1. The number of quaternary nitrogens is 1. The van der Waals surface area contributed by atoms with Crippen LogP contribution in [0.25, 0.3) is 11.1 Å². The average molecular weight is 426 g/mol. The van der Waals surface area contributed by atoms with Gasteiger partial charge < -0.3 is 14.4 Å². The van der Waals surface area contributed by atoms with Crippen molar-refractivity contribution in [1.82, 2.24) is 4.57 Å². The number of aromatic nitrogens is 1. The lowest BCUT2D eigenvalue weighted by Crippen LogP contribution is -3.13. The van der Waals surface area contributed by atoms with Crippen LogP contribution in [-0.2, 0) is 13.1 Å². The van der Waals surface area contributed by atoms with Crippen LogP contribution in [0.15, 0.2) is 65.5 Å². The maximum atomic E-state index is 13.4. The molecule has 1 N–H and O–H groups in total. The molecule has 5 nitrogen and oxygen atoms in total. The van der Waals surface area contributed by atoms with Crippen molar-refractivity contribution in [2.75, 3.05) is 32.1 Å². The molecule has 1 aromatic heterocycles. The van der Waals surface area contributed by atoms with E-state index < -0.39 is 0 Å². The molecule has 0 radical (unpaired) electrons. The van der Waals surface area contributed by atoms with Gasteiger partial charge in [-0.25, -0.2) is 0 Å². The Hall–Kier alpha value is -3.36. The molecule has 162 valence electrons. The zero-order valence-electron chi connectivity index (χ0n) is 18.7. The predicted octanol–water partition coefficient (Wildman–Crippen LogP) is 2.66. The van der Waals surface area contributed by atoms with Crippen LogP contribution in [0.1, 0.15) is 29.2 Å². The number of hydrogen-bond donors (Lipinski definition) is 1. The quantitative estimate of drug-likeness (QED) is 0.699. The second-order valence-corrected chi connectivity index (χ2v) is 9.47. The summed E-state index contributed by atoms with van der Waals surface area (Å²) in [5.74, 6) is 0.925. The summed E-state index contributed by atoms with van der Waals surface area (Å²) in [6, 6.07) is 22.6. The second kappa shape index (κ2) is 8.29. The molecule has 2 bridgehead atoms. The molecule has 3 heterocycles. The van der Waals surface area contributed by atoms with Crippen molar-refractivity contribution in [3.63, 3.8) is 0 Å². The predicted molar refractivity (Wildman–Crippen MR) is 127 cm³/mol. The highest BCUT2D eigenvalue weighted by molar-refractivity contribution is 5.65.